The first-order valence-electron chi connectivity index (χ1n) is 6.27. The Labute approximate surface area is 125 Å². The quantitative estimate of drug-likeness (QED) is 0.756. The van der Waals surface area contributed by atoms with E-state index >= 15 is 0 Å². The molecule has 106 valence electrons. The predicted molar refractivity (Wildman–Crippen MR) is 77.3 cm³/mol. The molecule has 0 aliphatic heterocycles. The van der Waals surface area contributed by atoms with E-state index in [4.69, 9.17) is 0 Å². The number of nitrogens with zero attached hydrogens (tertiary/aromatic N) is 7. The van der Waals surface area contributed by atoms with E-state index in [9.17, 15) is 0 Å². The van der Waals surface area contributed by atoms with E-state index in [0.29, 0.717) is 17.1 Å². The van der Waals surface area contributed by atoms with Crippen molar-refractivity contribution in [2.45, 2.75) is 17.1 Å². The summed E-state index contributed by atoms with van der Waals surface area (Å²) >= 11 is 1.33. The number of anilines is 1. The Hall–Kier alpha value is -2.55. The molecule has 9 heteroatoms. The molecule has 0 fully saturated rings. The monoisotopic (exact) mass is 300 g/mol. The Morgan fingerprint density at radius 1 is 1.14 bits per heavy atom. The minimum Gasteiger partial charge on any atom is -0.354 e. The Morgan fingerprint density at radius 2 is 2.10 bits per heavy atom. The molecule has 0 radical (unpaired) electrons. The highest BCUT2D eigenvalue weighted by Crippen LogP contribution is 2.22. The van der Waals surface area contributed by atoms with Gasteiger partial charge in [-0.15, -0.1) is 0 Å². The molecule has 0 unspecified atom stereocenters. The van der Waals surface area contributed by atoms with Crippen molar-refractivity contribution in [1.82, 2.24) is 34.5 Å². The first-order valence-corrected chi connectivity index (χ1v) is 7.09. The number of nitrogens with one attached hydrogen (secondary N) is 1. The number of imidazole rings is 1. The zero-order chi connectivity index (χ0) is 14.5. The molecule has 21 heavy (non-hydrogen) atoms. The highest BCUT2D eigenvalue weighted by Gasteiger charge is 2.09. The maximum atomic E-state index is 4.41. The summed E-state index contributed by atoms with van der Waals surface area (Å²) in [6.07, 6.45) is 10.0. The van der Waals surface area contributed by atoms with Crippen LogP contribution in [0.1, 0.15) is 6.92 Å². The maximum absolute atomic E-state index is 4.41. The van der Waals surface area contributed by atoms with Gasteiger partial charge in [0.15, 0.2) is 0 Å². The molecular weight excluding hydrogens is 288 g/mol. The molecule has 3 heterocycles. The molecule has 0 aliphatic rings. The molecule has 0 aromatic carbocycles. The van der Waals surface area contributed by atoms with E-state index in [2.05, 4.69) is 35.2 Å². The molecule has 3 rings (SSSR count). The first-order chi connectivity index (χ1) is 10.3. The fraction of sp³-hybridized carbons (Fsp3) is 0.167. The van der Waals surface area contributed by atoms with Gasteiger partial charge in [-0.3, -0.25) is 9.55 Å². The van der Waals surface area contributed by atoms with Crippen LogP contribution in [0.25, 0.3) is 5.95 Å². The van der Waals surface area contributed by atoms with Crippen LogP contribution < -0.4 is 5.32 Å². The fourth-order valence-electron chi connectivity index (χ4n) is 1.55. The van der Waals surface area contributed by atoms with Gasteiger partial charge in [-0.25, -0.2) is 9.97 Å². The molecule has 8 nitrogen and oxygen atoms in total. The van der Waals surface area contributed by atoms with Crippen LogP contribution in [0.2, 0.25) is 0 Å². The van der Waals surface area contributed by atoms with Gasteiger partial charge in [0, 0.05) is 31.3 Å². The van der Waals surface area contributed by atoms with Gasteiger partial charge in [0.05, 0.1) is 6.20 Å². The maximum Gasteiger partial charge on any atom is 0.240 e. The molecule has 0 amide bonds. The highest BCUT2D eigenvalue weighted by molar-refractivity contribution is 7.99. The molecule has 1 N–H and O–H groups in total. The lowest BCUT2D eigenvalue weighted by Gasteiger charge is -2.07. The minimum absolute atomic E-state index is 0.504. The lowest BCUT2D eigenvalue weighted by Crippen LogP contribution is -2.08. The molecule has 0 atom stereocenters. The summed E-state index contributed by atoms with van der Waals surface area (Å²) in [5.74, 6) is 1.02. The van der Waals surface area contributed by atoms with Crippen LogP contribution in [0.3, 0.4) is 0 Å². The standard InChI is InChI=1S/C12H12N8S/c1-2-15-10-17-11(20-6-5-14-8-20)19-12(18-10)21-9-7-13-3-4-16-9/h3-8H,2H2,1H3,(H,15,17,18,19). The van der Waals surface area contributed by atoms with Gasteiger partial charge in [0.1, 0.15) is 11.4 Å². The van der Waals surface area contributed by atoms with Gasteiger partial charge in [0.25, 0.3) is 0 Å². The average molecular weight is 300 g/mol. The van der Waals surface area contributed by atoms with E-state index in [-0.39, 0.29) is 0 Å². The molecule has 0 aliphatic carbocycles. The summed E-state index contributed by atoms with van der Waals surface area (Å²) in [4.78, 5) is 25.3. The summed E-state index contributed by atoms with van der Waals surface area (Å²) in [7, 11) is 0. The van der Waals surface area contributed by atoms with Crippen molar-refractivity contribution in [1.29, 1.82) is 0 Å². The second kappa shape index (κ2) is 6.27. The SMILES string of the molecule is CCNc1nc(Sc2cnccn2)nc(-n2ccnc2)n1. The third kappa shape index (κ3) is 3.31. The zero-order valence-electron chi connectivity index (χ0n) is 11.2. The third-order valence-electron chi connectivity index (χ3n) is 2.41. The van der Waals surface area contributed by atoms with Crippen molar-refractivity contribution in [3.63, 3.8) is 0 Å². The van der Waals surface area contributed by atoms with Crippen LogP contribution in [-0.2, 0) is 0 Å². The Bertz CT molecular complexity index is 701. The second-order valence-corrected chi connectivity index (χ2v) is 4.88. The summed E-state index contributed by atoms with van der Waals surface area (Å²) in [5, 5.41) is 4.36. The summed E-state index contributed by atoms with van der Waals surface area (Å²) in [6, 6.07) is 0. The Balaban J connectivity index is 1.95. The zero-order valence-corrected chi connectivity index (χ0v) is 12.0. The van der Waals surface area contributed by atoms with E-state index in [0.717, 1.165) is 11.6 Å². The van der Waals surface area contributed by atoms with E-state index < -0.39 is 0 Å². The Morgan fingerprint density at radius 3 is 2.81 bits per heavy atom. The third-order valence-corrected chi connectivity index (χ3v) is 3.19. The smallest absolute Gasteiger partial charge is 0.240 e. The average Bonchev–Trinajstić information content (AvgIpc) is 3.03. The lowest BCUT2D eigenvalue weighted by molar-refractivity contribution is 0.822. The second-order valence-electron chi connectivity index (χ2n) is 3.89. The van der Waals surface area contributed by atoms with Crippen LogP contribution in [0.15, 0.2) is 47.5 Å². The van der Waals surface area contributed by atoms with Crippen LogP contribution in [-0.4, -0.2) is 41.0 Å². The van der Waals surface area contributed by atoms with Crippen LogP contribution in [0.5, 0.6) is 0 Å². The summed E-state index contributed by atoms with van der Waals surface area (Å²) in [5.41, 5.74) is 0. The molecule has 0 spiro atoms. The number of aromatic nitrogens is 7. The van der Waals surface area contributed by atoms with Gasteiger partial charge < -0.3 is 5.32 Å². The molecule has 3 aromatic heterocycles. The molecule has 3 aromatic rings. The highest BCUT2D eigenvalue weighted by atomic mass is 32.2. The van der Waals surface area contributed by atoms with Crippen molar-refractivity contribution < 1.29 is 0 Å². The van der Waals surface area contributed by atoms with E-state index in [1.54, 1.807) is 41.9 Å². The van der Waals surface area contributed by atoms with Gasteiger partial charge in [-0.2, -0.15) is 15.0 Å². The number of hydrogen-bond acceptors (Lipinski definition) is 8. The van der Waals surface area contributed by atoms with Gasteiger partial charge in [-0.1, -0.05) is 0 Å². The minimum atomic E-state index is 0.504. The Kier molecular flexibility index (Phi) is 4.01. The van der Waals surface area contributed by atoms with Gasteiger partial charge in [-0.05, 0) is 18.7 Å². The predicted octanol–water partition coefficient (Wildman–Crippen LogP) is 1.43. The summed E-state index contributed by atoms with van der Waals surface area (Å²) < 4.78 is 1.73. The van der Waals surface area contributed by atoms with Crippen molar-refractivity contribution in [2.24, 2.45) is 0 Å². The topological polar surface area (TPSA) is 94.3 Å². The normalized spacial score (nSPS) is 10.5. The van der Waals surface area contributed by atoms with Crippen LogP contribution in [0, 0.1) is 0 Å². The van der Waals surface area contributed by atoms with E-state index in [1.165, 1.54) is 11.8 Å². The van der Waals surface area contributed by atoms with Crippen molar-refractivity contribution in [3.8, 4) is 5.95 Å². The molecule has 0 saturated carbocycles. The summed E-state index contributed by atoms with van der Waals surface area (Å²) in [6.45, 7) is 2.71. The lowest BCUT2D eigenvalue weighted by atomic mass is 10.7. The molecule has 0 bridgehead atoms. The number of hydrogen-bond donors (Lipinski definition) is 1. The van der Waals surface area contributed by atoms with Crippen LogP contribution in [0.4, 0.5) is 5.95 Å². The number of rotatable bonds is 5. The van der Waals surface area contributed by atoms with Gasteiger partial charge >= 0.3 is 0 Å². The van der Waals surface area contributed by atoms with Crippen molar-refractivity contribution >= 4 is 17.7 Å². The van der Waals surface area contributed by atoms with Crippen molar-refractivity contribution in [2.75, 3.05) is 11.9 Å². The van der Waals surface area contributed by atoms with Crippen LogP contribution >= 0.6 is 11.8 Å². The fourth-order valence-corrected chi connectivity index (χ4v) is 2.23. The largest absolute Gasteiger partial charge is 0.354 e. The van der Waals surface area contributed by atoms with E-state index in [1.807, 2.05) is 6.92 Å². The molecular formula is C12H12N8S. The van der Waals surface area contributed by atoms with Crippen molar-refractivity contribution in [3.05, 3.63) is 37.3 Å². The molecule has 0 saturated heterocycles. The van der Waals surface area contributed by atoms with Gasteiger partial charge in [0.2, 0.25) is 17.1 Å². The first kappa shape index (κ1) is 13.4.